The number of benzene rings is 1. The fourth-order valence-electron chi connectivity index (χ4n) is 3.82. The van der Waals surface area contributed by atoms with Gasteiger partial charge in [-0.05, 0) is 36.3 Å². The summed E-state index contributed by atoms with van der Waals surface area (Å²) in [4.78, 5) is 25.9. The summed E-state index contributed by atoms with van der Waals surface area (Å²) in [7, 11) is 0. The van der Waals surface area contributed by atoms with Crippen molar-refractivity contribution < 1.29 is 14.7 Å². The zero-order valence-electron chi connectivity index (χ0n) is 13.3. The number of nitrogens with zero attached hydrogens (tertiary/aromatic N) is 1. The van der Waals surface area contributed by atoms with Crippen LogP contribution in [0, 0.1) is 11.8 Å². The normalized spacial score (nSPS) is 24.3. The van der Waals surface area contributed by atoms with Crippen LogP contribution in [0.15, 0.2) is 35.9 Å². The van der Waals surface area contributed by atoms with Gasteiger partial charge in [-0.25, -0.2) is 4.79 Å². The summed E-state index contributed by atoms with van der Waals surface area (Å²) in [6.45, 7) is 1.61. The molecule has 0 bridgehead atoms. The van der Waals surface area contributed by atoms with Crippen LogP contribution in [0.25, 0.3) is 6.08 Å². The smallest absolute Gasteiger partial charge is 0.332 e. The first-order valence-corrected chi connectivity index (χ1v) is 8.40. The third kappa shape index (κ3) is 3.81. The average molecular weight is 313 g/mol. The van der Waals surface area contributed by atoms with Crippen LogP contribution in [0.1, 0.15) is 37.7 Å². The highest BCUT2D eigenvalue weighted by Gasteiger charge is 2.36. The number of carboxylic acid groups (broad SMARTS) is 1. The molecule has 2 fully saturated rings. The fraction of sp³-hybridized carbons (Fsp3) is 0.474. The summed E-state index contributed by atoms with van der Waals surface area (Å²) >= 11 is 0. The second kappa shape index (κ2) is 6.99. The van der Waals surface area contributed by atoms with Crippen LogP contribution in [0.3, 0.4) is 0 Å². The van der Waals surface area contributed by atoms with Gasteiger partial charge >= 0.3 is 5.97 Å². The number of rotatable bonds is 4. The van der Waals surface area contributed by atoms with E-state index < -0.39 is 5.97 Å². The molecule has 2 aliphatic rings. The molecule has 1 N–H and O–H groups in total. The molecule has 4 heteroatoms. The molecule has 0 radical (unpaired) electrons. The van der Waals surface area contributed by atoms with Gasteiger partial charge in [0.25, 0.3) is 0 Å². The third-order valence-corrected chi connectivity index (χ3v) is 5.09. The number of fused-ring (bicyclic) bond motifs is 1. The van der Waals surface area contributed by atoms with Gasteiger partial charge in [0, 0.05) is 18.7 Å². The first-order valence-electron chi connectivity index (χ1n) is 8.40. The minimum Gasteiger partial charge on any atom is -0.478 e. The van der Waals surface area contributed by atoms with Gasteiger partial charge in [0.2, 0.25) is 5.91 Å². The quantitative estimate of drug-likeness (QED) is 0.869. The number of carbonyl (C=O) groups is 2. The van der Waals surface area contributed by atoms with Gasteiger partial charge in [-0.3, -0.25) is 4.79 Å². The van der Waals surface area contributed by atoms with E-state index in [1.165, 1.54) is 25.7 Å². The molecule has 3 rings (SSSR count). The largest absolute Gasteiger partial charge is 0.478 e. The highest BCUT2D eigenvalue weighted by molar-refractivity contribution is 5.98. The van der Waals surface area contributed by atoms with E-state index >= 15 is 0 Å². The summed E-state index contributed by atoms with van der Waals surface area (Å²) in [5, 5.41) is 9.39. The monoisotopic (exact) mass is 313 g/mol. The van der Waals surface area contributed by atoms with Crippen LogP contribution >= 0.6 is 0 Å². The molecule has 1 aromatic rings. The number of carbonyl (C=O) groups excluding carboxylic acids is 1. The molecule has 122 valence electrons. The van der Waals surface area contributed by atoms with Crippen molar-refractivity contribution >= 4 is 18.0 Å². The molecule has 1 saturated carbocycles. The van der Waals surface area contributed by atoms with Crippen LogP contribution in [-0.4, -0.2) is 35.0 Å². The maximum atomic E-state index is 12.5. The molecule has 2 atom stereocenters. The van der Waals surface area contributed by atoms with Crippen LogP contribution < -0.4 is 0 Å². The van der Waals surface area contributed by atoms with Crippen LogP contribution in [0.4, 0.5) is 0 Å². The number of hydrogen-bond donors (Lipinski definition) is 1. The van der Waals surface area contributed by atoms with Crippen molar-refractivity contribution in [3.63, 3.8) is 0 Å². The van der Waals surface area contributed by atoms with Gasteiger partial charge in [0.05, 0.1) is 6.42 Å². The zero-order valence-corrected chi connectivity index (χ0v) is 13.3. The standard InChI is InChI=1S/C19H23NO3/c21-18(20-12-15-8-4-5-9-16(15)13-20)11-17(19(22)23)10-14-6-2-1-3-7-14/h1-3,6-7,10,15-16H,4-5,8-9,11-13H2,(H,22,23)/b17-10-. The Morgan fingerprint density at radius 2 is 1.70 bits per heavy atom. The molecular formula is C19H23NO3. The number of amides is 1. The Bertz CT molecular complexity index is 594. The van der Waals surface area contributed by atoms with Gasteiger partial charge in [-0.1, -0.05) is 43.2 Å². The number of hydrogen-bond acceptors (Lipinski definition) is 2. The lowest BCUT2D eigenvalue weighted by Crippen LogP contribution is -2.29. The molecule has 0 aromatic heterocycles. The van der Waals surface area contributed by atoms with E-state index in [1.54, 1.807) is 6.08 Å². The summed E-state index contributed by atoms with van der Waals surface area (Å²) in [5.74, 6) is 0.181. The zero-order chi connectivity index (χ0) is 16.2. The molecular weight excluding hydrogens is 290 g/mol. The molecule has 1 amide bonds. The van der Waals surface area contributed by atoms with E-state index in [0.717, 1.165) is 18.7 Å². The third-order valence-electron chi connectivity index (χ3n) is 5.09. The molecule has 1 aliphatic carbocycles. The van der Waals surface area contributed by atoms with Gasteiger partial charge in [-0.2, -0.15) is 0 Å². The van der Waals surface area contributed by atoms with E-state index in [1.807, 2.05) is 35.2 Å². The Balaban J connectivity index is 1.67. The summed E-state index contributed by atoms with van der Waals surface area (Å²) in [6, 6.07) is 9.29. The summed E-state index contributed by atoms with van der Waals surface area (Å²) in [5.41, 5.74) is 0.976. The maximum Gasteiger partial charge on any atom is 0.332 e. The molecule has 2 unspecified atom stereocenters. The van der Waals surface area contributed by atoms with E-state index in [0.29, 0.717) is 11.8 Å². The van der Waals surface area contributed by atoms with Crippen LogP contribution in [0.5, 0.6) is 0 Å². The predicted octanol–water partition coefficient (Wildman–Crippen LogP) is 3.19. The van der Waals surface area contributed by atoms with Crippen molar-refractivity contribution in [2.75, 3.05) is 13.1 Å². The van der Waals surface area contributed by atoms with Crippen molar-refractivity contribution in [2.24, 2.45) is 11.8 Å². The Morgan fingerprint density at radius 3 is 2.26 bits per heavy atom. The van der Waals surface area contributed by atoms with Gasteiger partial charge < -0.3 is 10.0 Å². The Hall–Kier alpha value is -2.10. The lowest BCUT2D eigenvalue weighted by Gasteiger charge is -2.22. The molecule has 4 nitrogen and oxygen atoms in total. The van der Waals surface area contributed by atoms with Crippen molar-refractivity contribution in [2.45, 2.75) is 32.1 Å². The van der Waals surface area contributed by atoms with Gasteiger partial charge in [0.15, 0.2) is 0 Å². The number of carboxylic acids is 1. The minimum atomic E-state index is -1.01. The van der Waals surface area contributed by atoms with Crippen molar-refractivity contribution in [3.05, 3.63) is 41.5 Å². The van der Waals surface area contributed by atoms with E-state index in [2.05, 4.69) is 0 Å². The Kier molecular flexibility index (Phi) is 4.79. The lowest BCUT2D eigenvalue weighted by molar-refractivity contribution is -0.136. The minimum absolute atomic E-state index is 0.0241. The lowest BCUT2D eigenvalue weighted by atomic mass is 9.82. The van der Waals surface area contributed by atoms with Crippen molar-refractivity contribution in [1.82, 2.24) is 4.90 Å². The second-order valence-corrected chi connectivity index (χ2v) is 6.67. The van der Waals surface area contributed by atoms with Crippen LogP contribution in [0.2, 0.25) is 0 Å². The first kappa shape index (κ1) is 15.8. The Labute approximate surface area is 136 Å². The predicted molar refractivity (Wildman–Crippen MR) is 88.7 cm³/mol. The topological polar surface area (TPSA) is 57.6 Å². The molecule has 1 aliphatic heterocycles. The average Bonchev–Trinajstić information content (AvgIpc) is 2.99. The molecule has 1 aromatic carbocycles. The highest BCUT2D eigenvalue weighted by atomic mass is 16.4. The van der Waals surface area contributed by atoms with Gasteiger partial charge in [0.1, 0.15) is 0 Å². The second-order valence-electron chi connectivity index (χ2n) is 6.67. The first-order chi connectivity index (χ1) is 11.1. The Morgan fingerprint density at radius 1 is 1.09 bits per heavy atom. The fourth-order valence-corrected chi connectivity index (χ4v) is 3.82. The van der Waals surface area contributed by atoms with Crippen molar-refractivity contribution in [3.8, 4) is 0 Å². The summed E-state index contributed by atoms with van der Waals surface area (Å²) in [6.07, 6.45) is 6.52. The molecule has 0 spiro atoms. The van der Waals surface area contributed by atoms with E-state index in [-0.39, 0.29) is 17.9 Å². The molecule has 1 saturated heterocycles. The highest BCUT2D eigenvalue weighted by Crippen LogP contribution is 2.36. The van der Waals surface area contributed by atoms with E-state index in [4.69, 9.17) is 0 Å². The van der Waals surface area contributed by atoms with Crippen LogP contribution in [-0.2, 0) is 9.59 Å². The van der Waals surface area contributed by atoms with Crippen molar-refractivity contribution in [1.29, 1.82) is 0 Å². The molecule has 23 heavy (non-hydrogen) atoms. The number of aliphatic carboxylic acids is 1. The maximum absolute atomic E-state index is 12.5. The SMILES string of the molecule is O=C(O)/C(=C\c1ccccc1)CC(=O)N1CC2CCCCC2C1. The summed E-state index contributed by atoms with van der Waals surface area (Å²) < 4.78 is 0. The molecule has 1 heterocycles. The number of likely N-dealkylation sites (tertiary alicyclic amines) is 1. The van der Waals surface area contributed by atoms with Gasteiger partial charge in [-0.15, -0.1) is 0 Å². The van der Waals surface area contributed by atoms with E-state index in [9.17, 15) is 14.7 Å².